The monoisotopic (exact) mass is 351 g/mol. The molecule has 2 aromatic heterocycles. The van der Waals surface area contributed by atoms with E-state index in [-0.39, 0.29) is 11.3 Å². The fourth-order valence-corrected chi connectivity index (χ4v) is 3.03. The first kappa shape index (κ1) is 18.0. The summed E-state index contributed by atoms with van der Waals surface area (Å²) in [5.41, 5.74) is 5.08. The van der Waals surface area contributed by atoms with Crippen LogP contribution in [0, 0.1) is 13.8 Å². The minimum absolute atomic E-state index is 0.00834. The third-order valence-electron chi connectivity index (χ3n) is 4.63. The molecule has 0 radical (unpaired) electrons. The van der Waals surface area contributed by atoms with Crippen LogP contribution in [0.15, 0.2) is 30.6 Å². The molecule has 3 aromatic rings. The minimum Gasteiger partial charge on any atom is -0.326 e. The van der Waals surface area contributed by atoms with Crippen molar-refractivity contribution in [2.75, 3.05) is 5.32 Å². The van der Waals surface area contributed by atoms with Gasteiger partial charge in [0.2, 0.25) is 5.91 Å². The van der Waals surface area contributed by atoms with Crippen molar-refractivity contribution in [3.05, 3.63) is 53.1 Å². The Labute approximate surface area is 153 Å². The van der Waals surface area contributed by atoms with Crippen LogP contribution in [0.3, 0.4) is 0 Å². The van der Waals surface area contributed by atoms with E-state index in [1.165, 1.54) is 11.9 Å². The fourth-order valence-electron chi connectivity index (χ4n) is 3.03. The van der Waals surface area contributed by atoms with E-state index >= 15 is 0 Å². The van der Waals surface area contributed by atoms with Gasteiger partial charge in [-0.2, -0.15) is 10.1 Å². The summed E-state index contributed by atoms with van der Waals surface area (Å²) in [6, 6.07) is 8.04. The molecule has 136 valence electrons. The zero-order chi connectivity index (χ0) is 18.9. The Hall–Kier alpha value is -2.76. The van der Waals surface area contributed by atoms with Crippen molar-refractivity contribution in [3.63, 3.8) is 0 Å². The number of carbonyl (C=O) groups is 1. The van der Waals surface area contributed by atoms with E-state index in [0.717, 1.165) is 22.6 Å². The molecular formula is C20H25N5O. The lowest BCUT2D eigenvalue weighted by Gasteiger charge is -2.19. The second-order valence-electron chi connectivity index (χ2n) is 7.61. The number of amides is 1. The van der Waals surface area contributed by atoms with Crippen LogP contribution in [0.2, 0.25) is 0 Å². The van der Waals surface area contributed by atoms with Gasteiger partial charge < -0.3 is 5.32 Å². The number of fused-ring (bicyclic) bond motifs is 1. The van der Waals surface area contributed by atoms with Gasteiger partial charge in [-0.05, 0) is 48.9 Å². The summed E-state index contributed by atoms with van der Waals surface area (Å²) < 4.78 is 1.71. The molecule has 0 aliphatic heterocycles. The Kier molecular flexibility index (Phi) is 4.76. The summed E-state index contributed by atoms with van der Waals surface area (Å²) in [5, 5.41) is 7.15. The number of rotatable bonds is 4. The number of nitrogens with one attached hydrogen (secondary N) is 1. The number of hydrogen-bond donors (Lipinski definition) is 1. The number of nitrogens with zero attached hydrogens (tertiary/aromatic N) is 4. The molecule has 26 heavy (non-hydrogen) atoms. The molecule has 2 heterocycles. The van der Waals surface area contributed by atoms with Crippen molar-refractivity contribution in [1.82, 2.24) is 19.6 Å². The first-order chi connectivity index (χ1) is 12.3. The molecule has 1 amide bonds. The van der Waals surface area contributed by atoms with E-state index in [2.05, 4.69) is 53.3 Å². The van der Waals surface area contributed by atoms with Gasteiger partial charge in [-0.1, -0.05) is 32.9 Å². The van der Waals surface area contributed by atoms with Gasteiger partial charge in [-0.25, -0.2) is 9.50 Å². The molecule has 6 heteroatoms. The molecule has 3 rings (SSSR count). The molecule has 0 unspecified atom stereocenters. The van der Waals surface area contributed by atoms with Crippen molar-refractivity contribution in [1.29, 1.82) is 0 Å². The van der Waals surface area contributed by atoms with E-state index in [1.807, 2.05) is 26.0 Å². The summed E-state index contributed by atoms with van der Waals surface area (Å²) in [7, 11) is 0. The Balaban J connectivity index is 1.66. The summed E-state index contributed by atoms with van der Waals surface area (Å²) in [4.78, 5) is 20.9. The largest absolute Gasteiger partial charge is 0.326 e. The van der Waals surface area contributed by atoms with Gasteiger partial charge in [0.1, 0.15) is 6.33 Å². The van der Waals surface area contributed by atoms with E-state index in [0.29, 0.717) is 18.6 Å². The van der Waals surface area contributed by atoms with Gasteiger partial charge in [0, 0.05) is 23.5 Å². The summed E-state index contributed by atoms with van der Waals surface area (Å²) in [6.45, 7) is 10.4. The van der Waals surface area contributed by atoms with Crippen molar-refractivity contribution >= 4 is 17.4 Å². The molecule has 0 aliphatic rings. The Morgan fingerprint density at radius 2 is 1.85 bits per heavy atom. The van der Waals surface area contributed by atoms with Gasteiger partial charge in [-0.3, -0.25) is 4.79 Å². The van der Waals surface area contributed by atoms with Crippen LogP contribution < -0.4 is 5.32 Å². The second-order valence-corrected chi connectivity index (χ2v) is 7.61. The lowest BCUT2D eigenvalue weighted by Crippen LogP contribution is -2.15. The number of hydrogen-bond acceptors (Lipinski definition) is 4. The van der Waals surface area contributed by atoms with Crippen molar-refractivity contribution in [2.24, 2.45) is 0 Å². The van der Waals surface area contributed by atoms with Gasteiger partial charge in [0.05, 0.1) is 0 Å². The molecule has 6 nitrogen and oxygen atoms in total. The smallest absolute Gasteiger partial charge is 0.252 e. The predicted molar refractivity (Wildman–Crippen MR) is 102 cm³/mol. The first-order valence-electron chi connectivity index (χ1n) is 8.82. The highest BCUT2D eigenvalue weighted by atomic mass is 16.1. The number of aryl methyl sites for hydroxylation is 2. The molecule has 0 aliphatic carbocycles. The van der Waals surface area contributed by atoms with Crippen LogP contribution >= 0.6 is 0 Å². The molecule has 1 aromatic carbocycles. The summed E-state index contributed by atoms with van der Waals surface area (Å²) in [6.07, 6.45) is 2.50. The first-order valence-corrected chi connectivity index (χ1v) is 8.82. The van der Waals surface area contributed by atoms with E-state index in [1.54, 1.807) is 4.52 Å². The molecule has 0 fully saturated rings. The Bertz CT molecular complexity index is 935. The average Bonchev–Trinajstić information content (AvgIpc) is 3.02. The lowest BCUT2D eigenvalue weighted by atomic mass is 9.87. The van der Waals surface area contributed by atoms with Crippen LogP contribution in [0.5, 0.6) is 0 Å². The quantitative estimate of drug-likeness (QED) is 0.779. The standard InChI is InChI=1S/C20H25N5O/c1-13-17(14(2)25-19(23-13)21-12-22-25)10-11-18(26)24-16-8-6-15(7-9-16)20(3,4)5/h6-9,12H,10-11H2,1-5H3,(H,24,26). The maximum Gasteiger partial charge on any atom is 0.252 e. The summed E-state index contributed by atoms with van der Waals surface area (Å²) >= 11 is 0. The molecule has 1 N–H and O–H groups in total. The van der Waals surface area contributed by atoms with Crippen molar-refractivity contribution in [3.8, 4) is 0 Å². The Morgan fingerprint density at radius 1 is 1.15 bits per heavy atom. The average molecular weight is 351 g/mol. The van der Waals surface area contributed by atoms with Crippen LogP contribution in [0.25, 0.3) is 5.78 Å². The molecule has 0 saturated carbocycles. The number of benzene rings is 1. The third-order valence-corrected chi connectivity index (χ3v) is 4.63. The predicted octanol–water partition coefficient (Wildman–Crippen LogP) is 3.61. The molecule has 0 saturated heterocycles. The fraction of sp³-hybridized carbons (Fsp3) is 0.400. The topological polar surface area (TPSA) is 72.2 Å². The van der Waals surface area contributed by atoms with Crippen molar-refractivity contribution < 1.29 is 4.79 Å². The zero-order valence-electron chi connectivity index (χ0n) is 16.0. The highest BCUT2D eigenvalue weighted by Crippen LogP contribution is 2.23. The van der Waals surface area contributed by atoms with E-state index in [4.69, 9.17) is 0 Å². The molecule has 0 atom stereocenters. The van der Waals surface area contributed by atoms with Gasteiger partial charge >= 0.3 is 0 Å². The van der Waals surface area contributed by atoms with Crippen molar-refractivity contribution in [2.45, 2.75) is 52.9 Å². The number of carbonyl (C=O) groups excluding carboxylic acids is 1. The normalized spacial score (nSPS) is 11.7. The highest BCUT2D eigenvalue weighted by Gasteiger charge is 2.14. The van der Waals surface area contributed by atoms with Crippen LogP contribution in [-0.4, -0.2) is 25.5 Å². The van der Waals surface area contributed by atoms with Gasteiger partial charge in [0.25, 0.3) is 5.78 Å². The lowest BCUT2D eigenvalue weighted by molar-refractivity contribution is -0.116. The maximum absolute atomic E-state index is 12.3. The number of anilines is 1. The van der Waals surface area contributed by atoms with Gasteiger partial charge in [-0.15, -0.1) is 0 Å². The number of aromatic nitrogens is 4. The second kappa shape index (κ2) is 6.86. The Morgan fingerprint density at radius 3 is 2.50 bits per heavy atom. The maximum atomic E-state index is 12.3. The summed E-state index contributed by atoms with van der Waals surface area (Å²) in [5.74, 6) is 0.582. The van der Waals surface area contributed by atoms with Crippen LogP contribution in [0.1, 0.15) is 49.7 Å². The molecule has 0 bridgehead atoms. The van der Waals surface area contributed by atoms with Crippen LogP contribution in [-0.2, 0) is 16.6 Å². The van der Waals surface area contributed by atoms with Gasteiger partial charge in [0.15, 0.2) is 0 Å². The molecule has 0 spiro atoms. The molecular weight excluding hydrogens is 326 g/mol. The van der Waals surface area contributed by atoms with E-state index < -0.39 is 0 Å². The van der Waals surface area contributed by atoms with E-state index in [9.17, 15) is 4.79 Å². The SMILES string of the molecule is Cc1nc2ncnn2c(C)c1CCC(=O)Nc1ccc(C(C)(C)C)cc1. The highest BCUT2D eigenvalue weighted by molar-refractivity contribution is 5.90. The minimum atomic E-state index is -0.00834. The third kappa shape index (κ3) is 3.74. The zero-order valence-corrected chi connectivity index (χ0v) is 16.0. The van der Waals surface area contributed by atoms with Crippen LogP contribution in [0.4, 0.5) is 5.69 Å².